The summed E-state index contributed by atoms with van der Waals surface area (Å²) in [5.74, 6) is 1.76. The summed E-state index contributed by atoms with van der Waals surface area (Å²) in [6, 6.07) is 28.6. The smallest absolute Gasteiger partial charge is 0.157 e. The van der Waals surface area contributed by atoms with Crippen LogP contribution in [-0.4, -0.2) is 8.07 Å². The number of rotatable bonds is 7. The van der Waals surface area contributed by atoms with E-state index in [1.165, 1.54) is 43.4 Å². The van der Waals surface area contributed by atoms with Gasteiger partial charge in [-0.1, -0.05) is 134 Å². The maximum Gasteiger partial charge on any atom is 0.157 e. The number of allylic oxidation sites excluding steroid dienone is 4. The quantitative estimate of drug-likeness (QED) is 0.136. The second-order valence-corrected chi connectivity index (χ2v) is 15.4. The van der Waals surface area contributed by atoms with E-state index in [1.54, 1.807) is 5.20 Å². The maximum atomic E-state index is 3.82. The molecular formula is C35H46Cl3SiTi-. The van der Waals surface area contributed by atoms with Crippen molar-refractivity contribution >= 4 is 60.9 Å². The van der Waals surface area contributed by atoms with Gasteiger partial charge in [-0.2, -0.15) is 5.20 Å². The molecular weight excluding hydrogens is 603 g/mol. The molecule has 3 aromatic carbocycles. The van der Waals surface area contributed by atoms with Gasteiger partial charge in [-0.05, 0) is 50.0 Å². The number of halogens is 3. The molecule has 0 saturated heterocycles. The summed E-state index contributed by atoms with van der Waals surface area (Å²) < 4.78 is 0. The van der Waals surface area contributed by atoms with Crippen LogP contribution >= 0.6 is 37.2 Å². The maximum absolute atomic E-state index is 3.82. The van der Waals surface area contributed by atoms with Crippen molar-refractivity contribution in [2.75, 3.05) is 0 Å². The van der Waals surface area contributed by atoms with Crippen molar-refractivity contribution < 1.29 is 21.7 Å². The van der Waals surface area contributed by atoms with Crippen LogP contribution in [0.3, 0.4) is 0 Å². The zero-order valence-electron chi connectivity index (χ0n) is 25.5. The molecule has 3 aromatic rings. The summed E-state index contributed by atoms with van der Waals surface area (Å²) in [6.45, 7) is 20.8. The minimum atomic E-state index is -2.59. The minimum Gasteiger partial charge on any atom is -0.267 e. The fourth-order valence-corrected chi connectivity index (χ4v) is 11.6. The Morgan fingerprint density at radius 3 is 1.18 bits per heavy atom. The van der Waals surface area contributed by atoms with Crippen molar-refractivity contribution in [2.24, 2.45) is 5.92 Å². The fraction of sp³-hybridized carbons (Fsp3) is 0.371. The molecule has 0 heterocycles. The van der Waals surface area contributed by atoms with E-state index in [1.807, 2.05) is 0 Å². The normalized spacial score (nSPS) is 14.8. The van der Waals surface area contributed by atoms with E-state index in [0.29, 0.717) is 23.7 Å². The van der Waals surface area contributed by atoms with Crippen molar-refractivity contribution in [1.29, 1.82) is 0 Å². The molecule has 1 unspecified atom stereocenters. The molecule has 1 atom stereocenters. The summed E-state index contributed by atoms with van der Waals surface area (Å²) in [4.78, 5) is 0. The zero-order chi connectivity index (χ0) is 26.2. The first-order valence-electron chi connectivity index (χ1n) is 13.7. The van der Waals surface area contributed by atoms with E-state index in [9.17, 15) is 0 Å². The Balaban J connectivity index is 0.00000380. The molecule has 0 fully saturated rings. The van der Waals surface area contributed by atoms with Crippen molar-refractivity contribution in [1.82, 2.24) is 0 Å². The van der Waals surface area contributed by atoms with Gasteiger partial charge < -0.3 is 0 Å². The van der Waals surface area contributed by atoms with Gasteiger partial charge in [-0.3, -0.25) is 6.08 Å². The molecule has 0 spiro atoms. The topological polar surface area (TPSA) is 0 Å². The van der Waals surface area contributed by atoms with Crippen LogP contribution in [0.15, 0.2) is 89.1 Å². The number of hydrogen-bond donors (Lipinski definition) is 0. The van der Waals surface area contributed by atoms with Crippen LogP contribution < -0.4 is 15.6 Å². The van der Waals surface area contributed by atoms with Gasteiger partial charge in [0.05, 0.1) is 0 Å². The minimum absolute atomic E-state index is 0. The molecule has 0 bridgehead atoms. The van der Waals surface area contributed by atoms with Crippen molar-refractivity contribution in [2.45, 2.75) is 80.1 Å². The van der Waals surface area contributed by atoms with Gasteiger partial charge in [0, 0.05) is 21.7 Å². The predicted octanol–water partition coefficient (Wildman–Crippen LogP) is 9.04. The Hall–Kier alpha value is -1.06. The molecule has 0 aromatic heterocycles. The third kappa shape index (κ3) is 7.28. The molecule has 0 saturated carbocycles. The van der Waals surface area contributed by atoms with E-state index in [2.05, 4.69) is 141 Å². The third-order valence-electron chi connectivity index (χ3n) is 8.20. The molecule has 0 nitrogen and oxygen atoms in total. The average Bonchev–Trinajstić information content (AvgIpc) is 3.12. The van der Waals surface area contributed by atoms with Gasteiger partial charge in [0.15, 0.2) is 8.07 Å². The molecule has 40 heavy (non-hydrogen) atoms. The van der Waals surface area contributed by atoms with Crippen LogP contribution in [-0.2, 0) is 21.7 Å². The Bertz CT molecular complexity index is 1200. The predicted molar refractivity (Wildman–Crippen MR) is 182 cm³/mol. The molecule has 0 radical (unpaired) electrons. The van der Waals surface area contributed by atoms with E-state index in [-0.39, 0.29) is 58.9 Å². The second kappa shape index (κ2) is 16.0. The van der Waals surface area contributed by atoms with Crippen LogP contribution in [0, 0.1) is 12.0 Å². The van der Waals surface area contributed by atoms with Crippen LogP contribution in [0.1, 0.15) is 96.8 Å². The second-order valence-electron chi connectivity index (χ2n) is 11.6. The molecule has 0 amide bonds. The standard InChI is InChI=1S/C35H43Si.3ClH.Ti/c1-23(2)29-13-10-16-32(20-29)36(35-27(8)19-26(7)28(35)9,33-17-11-14-30(21-33)24(3)4)34-18-12-15-31(22-34)25(5)6;;;;/h10-18,20-25,27H,1-9H3;3*1H;/q-1;;;;. The first-order chi connectivity index (χ1) is 17.1. The van der Waals surface area contributed by atoms with Gasteiger partial charge in [0.1, 0.15) is 0 Å². The van der Waals surface area contributed by atoms with E-state index < -0.39 is 8.07 Å². The Labute approximate surface area is 278 Å². The Morgan fingerprint density at radius 1 is 0.600 bits per heavy atom. The van der Waals surface area contributed by atoms with Crippen molar-refractivity contribution in [3.8, 4) is 0 Å². The van der Waals surface area contributed by atoms with Crippen molar-refractivity contribution in [3.05, 3.63) is 112 Å². The first-order valence-corrected chi connectivity index (χ1v) is 15.7. The Kier molecular flexibility index (Phi) is 15.5. The molecule has 216 valence electrons. The van der Waals surface area contributed by atoms with Gasteiger partial charge in [0.25, 0.3) is 0 Å². The van der Waals surface area contributed by atoms with E-state index >= 15 is 0 Å². The largest absolute Gasteiger partial charge is 0.267 e. The third-order valence-corrected chi connectivity index (χ3v) is 13.3. The van der Waals surface area contributed by atoms with Gasteiger partial charge in [-0.25, -0.2) is 11.1 Å². The molecule has 5 heteroatoms. The molecule has 0 N–H and O–H groups in total. The zero-order valence-corrected chi connectivity index (χ0v) is 30.5. The SMILES string of the molecule is CC1=[C-]C(C)C([Si](c2cccc(C(C)C)c2)(c2cccc(C(C)C)c2)c2cccc(C(C)C)c2)=C1C.Cl.Cl.Cl.[Ti]. The summed E-state index contributed by atoms with van der Waals surface area (Å²) in [7, 11) is -2.59. The number of benzene rings is 3. The molecule has 1 aliphatic carbocycles. The van der Waals surface area contributed by atoms with Crippen molar-refractivity contribution in [3.63, 3.8) is 0 Å². The van der Waals surface area contributed by atoms with Crippen LogP contribution in [0.4, 0.5) is 0 Å². The van der Waals surface area contributed by atoms with Crippen LogP contribution in [0.25, 0.3) is 0 Å². The fourth-order valence-electron chi connectivity index (χ4n) is 6.00. The number of hydrogen-bond acceptors (Lipinski definition) is 0. The molecule has 0 aliphatic heterocycles. The monoisotopic (exact) mass is 647 g/mol. The summed E-state index contributed by atoms with van der Waals surface area (Å²) >= 11 is 0. The van der Waals surface area contributed by atoms with Crippen LogP contribution in [0.2, 0.25) is 0 Å². The van der Waals surface area contributed by atoms with Crippen LogP contribution in [0.5, 0.6) is 0 Å². The first kappa shape index (κ1) is 38.9. The van der Waals surface area contributed by atoms with E-state index in [4.69, 9.17) is 0 Å². The Morgan fingerprint density at radius 2 is 0.925 bits per heavy atom. The summed E-state index contributed by atoms with van der Waals surface area (Å²) in [5, 5.41) is 6.08. The molecule has 1 aliphatic rings. The average molecular weight is 649 g/mol. The van der Waals surface area contributed by atoms with Gasteiger partial charge in [-0.15, -0.1) is 44.1 Å². The van der Waals surface area contributed by atoms with Gasteiger partial charge >= 0.3 is 0 Å². The summed E-state index contributed by atoms with van der Waals surface area (Å²) in [5.41, 5.74) is 7.01. The summed E-state index contributed by atoms with van der Waals surface area (Å²) in [6.07, 6.45) is 3.82. The van der Waals surface area contributed by atoms with E-state index in [0.717, 1.165) is 0 Å². The molecule has 4 rings (SSSR count). The van der Waals surface area contributed by atoms with Gasteiger partial charge in [0.2, 0.25) is 0 Å².